The smallest absolute Gasteiger partial charge is 0.326 e. The molecule has 1 N–H and O–H groups in total. The summed E-state index contributed by atoms with van der Waals surface area (Å²) in [6, 6.07) is 12.8. The molecule has 3 amide bonds. The summed E-state index contributed by atoms with van der Waals surface area (Å²) in [5.41, 5.74) is 0.436. The fourth-order valence-corrected chi connectivity index (χ4v) is 5.06. The number of carbonyl (C=O) groups is 2. The Bertz CT molecular complexity index is 1180. The summed E-state index contributed by atoms with van der Waals surface area (Å²) in [6.07, 6.45) is 0. The zero-order valence-electron chi connectivity index (χ0n) is 18.1. The first-order valence-corrected chi connectivity index (χ1v) is 11.3. The molecule has 1 saturated heterocycles. The molecule has 2 aliphatic heterocycles. The Hall–Kier alpha value is -3.17. The van der Waals surface area contributed by atoms with Crippen LogP contribution in [-0.2, 0) is 10.3 Å². The second-order valence-corrected chi connectivity index (χ2v) is 9.30. The third-order valence-electron chi connectivity index (χ3n) is 6.09. The molecule has 3 heterocycles. The minimum absolute atomic E-state index is 0.0610. The lowest BCUT2D eigenvalue weighted by Crippen LogP contribution is -2.43. The summed E-state index contributed by atoms with van der Waals surface area (Å²) in [5.74, 6) is 0.918. The van der Waals surface area contributed by atoms with E-state index in [-0.39, 0.29) is 18.6 Å². The Kier molecular flexibility index (Phi) is 5.02. The molecule has 9 heteroatoms. The first-order valence-electron chi connectivity index (χ1n) is 10.5. The first kappa shape index (κ1) is 20.7. The van der Waals surface area contributed by atoms with Gasteiger partial charge in [0.1, 0.15) is 23.8 Å². The molecule has 1 aromatic heterocycles. The Morgan fingerprint density at radius 3 is 2.72 bits per heavy atom. The number of thiazole rings is 1. The monoisotopic (exact) mass is 452 g/mol. The number of hydrogen-bond acceptors (Lipinski definition) is 7. The van der Waals surface area contributed by atoms with Crippen LogP contribution in [0.15, 0.2) is 42.5 Å². The van der Waals surface area contributed by atoms with Gasteiger partial charge in [-0.3, -0.25) is 9.69 Å². The number of para-hydroxylation sites is 1. The van der Waals surface area contributed by atoms with E-state index in [2.05, 4.69) is 5.32 Å². The summed E-state index contributed by atoms with van der Waals surface area (Å²) in [5, 5.41) is 3.80. The van der Waals surface area contributed by atoms with E-state index in [1.807, 2.05) is 43.1 Å². The molecule has 2 atom stereocenters. The van der Waals surface area contributed by atoms with E-state index in [9.17, 15) is 9.59 Å². The van der Waals surface area contributed by atoms with Gasteiger partial charge in [-0.25, -0.2) is 14.7 Å². The molecule has 2 unspecified atom stereocenters. The predicted octanol–water partition coefficient (Wildman–Crippen LogP) is 3.49. The van der Waals surface area contributed by atoms with Crippen LogP contribution in [0.2, 0.25) is 0 Å². The van der Waals surface area contributed by atoms with Gasteiger partial charge in [0.15, 0.2) is 11.5 Å². The quantitative estimate of drug-likeness (QED) is 0.597. The fourth-order valence-electron chi connectivity index (χ4n) is 3.98. The maximum absolute atomic E-state index is 13.4. The molecule has 5 rings (SSSR count). The van der Waals surface area contributed by atoms with Gasteiger partial charge in [-0.1, -0.05) is 18.2 Å². The molecule has 0 saturated carbocycles. The third kappa shape index (κ3) is 3.37. The molecule has 1 fully saturated rings. The maximum atomic E-state index is 13.4. The number of urea groups is 1. The van der Waals surface area contributed by atoms with Gasteiger partial charge in [0.05, 0.1) is 22.9 Å². The molecular formula is C23H24N4O4S. The lowest BCUT2D eigenvalue weighted by molar-refractivity contribution is -0.132. The molecule has 32 heavy (non-hydrogen) atoms. The Labute approximate surface area is 189 Å². The van der Waals surface area contributed by atoms with Gasteiger partial charge in [-0.2, -0.15) is 0 Å². The van der Waals surface area contributed by atoms with Crippen LogP contribution in [0, 0.1) is 0 Å². The largest absolute Gasteiger partial charge is 0.486 e. The highest BCUT2D eigenvalue weighted by atomic mass is 32.1. The number of nitrogens with one attached hydrogen (secondary N) is 1. The van der Waals surface area contributed by atoms with Crippen LogP contribution in [0.5, 0.6) is 11.5 Å². The Balaban J connectivity index is 1.35. The molecule has 0 radical (unpaired) electrons. The molecule has 0 spiro atoms. The van der Waals surface area contributed by atoms with E-state index in [4.69, 9.17) is 14.5 Å². The number of amides is 3. The molecular weight excluding hydrogens is 428 g/mol. The normalized spacial score (nSPS) is 21.3. The Morgan fingerprint density at radius 2 is 1.94 bits per heavy atom. The van der Waals surface area contributed by atoms with Crippen molar-refractivity contribution in [3.8, 4) is 11.5 Å². The molecule has 8 nitrogen and oxygen atoms in total. The maximum Gasteiger partial charge on any atom is 0.326 e. The zero-order chi connectivity index (χ0) is 22.5. The van der Waals surface area contributed by atoms with Crippen LogP contribution >= 0.6 is 11.3 Å². The summed E-state index contributed by atoms with van der Waals surface area (Å²) in [7, 11) is 1.89. The average molecular weight is 453 g/mol. The number of rotatable bonds is 5. The van der Waals surface area contributed by atoms with Crippen molar-refractivity contribution in [1.82, 2.24) is 20.1 Å². The number of hydrogen-bond donors (Lipinski definition) is 1. The van der Waals surface area contributed by atoms with Crippen molar-refractivity contribution < 1.29 is 19.1 Å². The highest BCUT2D eigenvalue weighted by molar-refractivity contribution is 7.18. The molecule has 166 valence electrons. The van der Waals surface area contributed by atoms with Crippen LogP contribution < -0.4 is 14.8 Å². The summed E-state index contributed by atoms with van der Waals surface area (Å²) in [6.45, 7) is 4.84. The predicted molar refractivity (Wildman–Crippen MR) is 121 cm³/mol. The molecule has 0 bridgehead atoms. The van der Waals surface area contributed by atoms with Gasteiger partial charge in [0, 0.05) is 0 Å². The summed E-state index contributed by atoms with van der Waals surface area (Å²) in [4.78, 5) is 34.1. The molecule has 0 aliphatic carbocycles. The lowest BCUT2D eigenvalue weighted by atomic mass is 9.91. The van der Waals surface area contributed by atoms with Gasteiger partial charge in [0.2, 0.25) is 0 Å². The molecule has 2 aromatic carbocycles. The topological polar surface area (TPSA) is 84.0 Å². The van der Waals surface area contributed by atoms with Crippen molar-refractivity contribution >= 4 is 33.5 Å². The summed E-state index contributed by atoms with van der Waals surface area (Å²) >= 11 is 1.62. The minimum atomic E-state index is -1.17. The molecule has 3 aromatic rings. The van der Waals surface area contributed by atoms with Gasteiger partial charge in [-0.05, 0) is 50.7 Å². The van der Waals surface area contributed by atoms with E-state index in [0.717, 1.165) is 15.2 Å². The fraction of sp³-hybridized carbons (Fsp3) is 0.348. The van der Waals surface area contributed by atoms with Gasteiger partial charge in [-0.15, -0.1) is 11.3 Å². The van der Waals surface area contributed by atoms with Crippen molar-refractivity contribution in [3.63, 3.8) is 0 Å². The lowest BCUT2D eigenvalue weighted by Gasteiger charge is -2.28. The average Bonchev–Trinajstić information content (AvgIpc) is 3.33. The van der Waals surface area contributed by atoms with Crippen LogP contribution in [-0.4, -0.2) is 53.7 Å². The van der Waals surface area contributed by atoms with Crippen LogP contribution in [0.3, 0.4) is 0 Å². The van der Waals surface area contributed by atoms with E-state index in [1.165, 1.54) is 4.90 Å². The van der Waals surface area contributed by atoms with Crippen molar-refractivity contribution in [3.05, 3.63) is 53.0 Å². The molecule has 2 aliphatic rings. The number of benzene rings is 2. The van der Waals surface area contributed by atoms with E-state index < -0.39 is 11.6 Å². The third-order valence-corrected chi connectivity index (χ3v) is 7.29. The zero-order valence-corrected chi connectivity index (χ0v) is 18.9. The first-order chi connectivity index (χ1) is 15.4. The number of nitrogens with zero attached hydrogens (tertiary/aromatic N) is 3. The SMILES string of the molecule is CC(c1nc2ccccc2s1)N(C)CN1C(=O)NC(C)(c2ccc3c(c2)OCCO3)C1=O. The van der Waals surface area contributed by atoms with Crippen LogP contribution in [0.4, 0.5) is 4.79 Å². The highest BCUT2D eigenvalue weighted by Gasteiger charge is 2.49. The number of aromatic nitrogens is 1. The van der Waals surface area contributed by atoms with Crippen molar-refractivity contribution in [2.24, 2.45) is 0 Å². The second kappa shape index (κ2) is 7.75. The Morgan fingerprint density at radius 1 is 1.19 bits per heavy atom. The van der Waals surface area contributed by atoms with E-state index >= 15 is 0 Å². The van der Waals surface area contributed by atoms with Gasteiger partial charge < -0.3 is 14.8 Å². The van der Waals surface area contributed by atoms with Crippen LogP contribution in [0.1, 0.15) is 30.5 Å². The number of fused-ring (bicyclic) bond motifs is 2. The summed E-state index contributed by atoms with van der Waals surface area (Å²) < 4.78 is 12.3. The van der Waals surface area contributed by atoms with Crippen molar-refractivity contribution in [2.45, 2.75) is 25.4 Å². The number of ether oxygens (including phenoxy) is 2. The van der Waals surface area contributed by atoms with Crippen molar-refractivity contribution in [2.75, 3.05) is 26.9 Å². The standard InChI is InChI=1S/C23H24N4O4S/c1-14(20-24-16-6-4-5-7-19(16)32-20)26(3)13-27-21(28)23(2,25-22(27)29)15-8-9-17-18(12-15)31-11-10-30-17/h4-9,12,14H,10-11,13H2,1-3H3,(H,25,29). The van der Waals surface area contributed by atoms with Gasteiger partial charge in [0.25, 0.3) is 5.91 Å². The van der Waals surface area contributed by atoms with Gasteiger partial charge >= 0.3 is 6.03 Å². The minimum Gasteiger partial charge on any atom is -0.486 e. The van der Waals surface area contributed by atoms with Crippen LogP contribution in [0.25, 0.3) is 10.2 Å². The highest BCUT2D eigenvalue weighted by Crippen LogP contribution is 2.37. The number of imide groups is 1. The second-order valence-electron chi connectivity index (χ2n) is 8.24. The van der Waals surface area contributed by atoms with Crippen molar-refractivity contribution in [1.29, 1.82) is 0 Å². The van der Waals surface area contributed by atoms with E-state index in [1.54, 1.807) is 36.5 Å². The van der Waals surface area contributed by atoms with E-state index in [0.29, 0.717) is 30.3 Å². The number of carbonyl (C=O) groups excluding carboxylic acids is 2.